The minimum Gasteiger partial charge on any atom is -0.350 e. The van der Waals surface area contributed by atoms with Crippen molar-refractivity contribution in [1.82, 2.24) is 10.7 Å². The van der Waals surface area contributed by atoms with Crippen LogP contribution in [0.3, 0.4) is 0 Å². The smallest absolute Gasteiger partial charge is 0.332 e. The monoisotopic (exact) mass is 186 g/mol. The molecule has 0 spiro atoms. The molecule has 0 rings (SSSR count). The molecule has 0 bridgehead atoms. The third-order valence-electron chi connectivity index (χ3n) is 1.39. The Kier molecular flexibility index (Phi) is 4.50. The standard InChI is InChI=1S/C7H14N4O2/c1-4(9-6(3)12)5(2)10-11-7(8)13/h4H,1-3H3,(H,9,12)(H3,8,11,13). The molecule has 6 nitrogen and oxygen atoms in total. The van der Waals surface area contributed by atoms with Crippen LogP contribution in [0.2, 0.25) is 0 Å². The van der Waals surface area contributed by atoms with Gasteiger partial charge in [0, 0.05) is 6.92 Å². The van der Waals surface area contributed by atoms with E-state index in [4.69, 9.17) is 5.73 Å². The summed E-state index contributed by atoms with van der Waals surface area (Å²) in [6.45, 7) is 4.84. The van der Waals surface area contributed by atoms with Gasteiger partial charge in [-0.2, -0.15) is 5.10 Å². The fourth-order valence-electron chi connectivity index (χ4n) is 0.649. The molecule has 0 aliphatic heterocycles. The Bertz CT molecular complexity index is 237. The van der Waals surface area contributed by atoms with Crippen molar-refractivity contribution >= 4 is 17.6 Å². The van der Waals surface area contributed by atoms with E-state index in [0.717, 1.165) is 0 Å². The Balaban J connectivity index is 4.07. The molecule has 0 saturated heterocycles. The van der Waals surface area contributed by atoms with Gasteiger partial charge in [0.15, 0.2) is 0 Å². The zero-order valence-corrected chi connectivity index (χ0v) is 7.92. The summed E-state index contributed by atoms with van der Waals surface area (Å²) in [5.41, 5.74) is 7.45. The Hall–Kier alpha value is -1.59. The zero-order chi connectivity index (χ0) is 10.4. The predicted octanol–water partition coefficient (Wildman–Crippen LogP) is -0.445. The minimum absolute atomic E-state index is 0.152. The molecule has 3 amide bonds. The summed E-state index contributed by atoms with van der Waals surface area (Å²) in [5.74, 6) is -0.152. The first-order valence-corrected chi connectivity index (χ1v) is 3.80. The molecule has 0 aliphatic rings. The lowest BCUT2D eigenvalue weighted by molar-refractivity contribution is -0.119. The average Bonchev–Trinajstić information content (AvgIpc) is 1.98. The van der Waals surface area contributed by atoms with Gasteiger partial charge < -0.3 is 11.1 Å². The number of hydrogen-bond donors (Lipinski definition) is 3. The largest absolute Gasteiger partial charge is 0.350 e. The van der Waals surface area contributed by atoms with Crippen LogP contribution in [-0.2, 0) is 4.79 Å². The maximum absolute atomic E-state index is 10.6. The van der Waals surface area contributed by atoms with Crippen LogP contribution in [0.4, 0.5) is 4.79 Å². The quantitative estimate of drug-likeness (QED) is 0.411. The molecule has 4 N–H and O–H groups in total. The highest BCUT2D eigenvalue weighted by molar-refractivity contribution is 5.91. The SMILES string of the molecule is CC(=O)NC(C)C(C)=NNC(N)=O. The Morgan fingerprint density at radius 3 is 2.31 bits per heavy atom. The molecule has 1 unspecified atom stereocenters. The zero-order valence-electron chi connectivity index (χ0n) is 7.92. The van der Waals surface area contributed by atoms with Gasteiger partial charge in [-0.1, -0.05) is 0 Å². The number of rotatable bonds is 3. The fourth-order valence-corrected chi connectivity index (χ4v) is 0.649. The molecular weight excluding hydrogens is 172 g/mol. The van der Waals surface area contributed by atoms with E-state index in [1.165, 1.54) is 6.92 Å². The van der Waals surface area contributed by atoms with Crippen LogP contribution in [-0.4, -0.2) is 23.7 Å². The van der Waals surface area contributed by atoms with Crippen molar-refractivity contribution in [3.63, 3.8) is 0 Å². The first kappa shape index (κ1) is 11.4. The summed E-state index contributed by atoms with van der Waals surface area (Å²) in [5, 5.41) is 6.26. The average molecular weight is 186 g/mol. The molecule has 0 aromatic heterocycles. The van der Waals surface area contributed by atoms with Crippen LogP contribution >= 0.6 is 0 Å². The van der Waals surface area contributed by atoms with Crippen molar-refractivity contribution in [3.05, 3.63) is 0 Å². The molecule has 6 heteroatoms. The molecule has 74 valence electrons. The summed E-state index contributed by atoms with van der Waals surface area (Å²) in [6, 6.07) is -0.946. The third kappa shape index (κ3) is 5.66. The van der Waals surface area contributed by atoms with Crippen LogP contribution in [0, 0.1) is 0 Å². The number of nitrogens with one attached hydrogen (secondary N) is 2. The molecule has 0 aromatic rings. The minimum atomic E-state index is -0.727. The van der Waals surface area contributed by atoms with Gasteiger partial charge in [-0.05, 0) is 13.8 Å². The summed E-state index contributed by atoms with van der Waals surface area (Å²) >= 11 is 0. The van der Waals surface area contributed by atoms with E-state index in [9.17, 15) is 9.59 Å². The number of nitrogens with two attached hydrogens (primary N) is 1. The number of nitrogens with zero attached hydrogens (tertiary/aromatic N) is 1. The molecule has 0 saturated carbocycles. The number of hydrazone groups is 1. The van der Waals surface area contributed by atoms with Gasteiger partial charge in [-0.3, -0.25) is 4.79 Å². The molecule has 0 fully saturated rings. The first-order valence-electron chi connectivity index (χ1n) is 3.80. The fraction of sp³-hybridized carbons (Fsp3) is 0.571. The van der Waals surface area contributed by atoms with Crippen molar-refractivity contribution in [2.24, 2.45) is 10.8 Å². The van der Waals surface area contributed by atoms with Crippen LogP contribution < -0.4 is 16.5 Å². The van der Waals surface area contributed by atoms with Gasteiger partial charge in [0.2, 0.25) is 5.91 Å². The van der Waals surface area contributed by atoms with E-state index in [1.54, 1.807) is 13.8 Å². The Morgan fingerprint density at radius 1 is 1.38 bits per heavy atom. The van der Waals surface area contributed by atoms with Crippen molar-refractivity contribution in [3.8, 4) is 0 Å². The summed E-state index contributed by atoms with van der Waals surface area (Å²) in [7, 11) is 0. The number of carbonyl (C=O) groups excluding carboxylic acids is 2. The van der Waals surface area contributed by atoms with Crippen molar-refractivity contribution in [2.45, 2.75) is 26.8 Å². The van der Waals surface area contributed by atoms with E-state index in [1.807, 2.05) is 0 Å². The van der Waals surface area contributed by atoms with Crippen LogP contribution in [0.1, 0.15) is 20.8 Å². The molecule has 13 heavy (non-hydrogen) atoms. The highest BCUT2D eigenvalue weighted by Gasteiger charge is 2.06. The Morgan fingerprint density at radius 2 is 1.92 bits per heavy atom. The van der Waals surface area contributed by atoms with Gasteiger partial charge in [-0.15, -0.1) is 0 Å². The number of carbonyl (C=O) groups is 2. The normalized spacial score (nSPS) is 13.3. The van der Waals surface area contributed by atoms with Crippen molar-refractivity contribution < 1.29 is 9.59 Å². The first-order chi connectivity index (χ1) is 5.93. The van der Waals surface area contributed by atoms with Crippen LogP contribution in [0.15, 0.2) is 5.10 Å². The molecule has 1 atom stereocenters. The van der Waals surface area contributed by atoms with E-state index >= 15 is 0 Å². The molecule has 0 heterocycles. The lowest BCUT2D eigenvalue weighted by Gasteiger charge is -2.11. The van der Waals surface area contributed by atoms with Gasteiger partial charge >= 0.3 is 6.03 Å². The van der Waals surface area contributed by atoms with Crippen molar-refractivity contribution in [2.75, 3.05) is 0 Å². The van der Waals surface area contributed by atoms with E-state index in [2.05, 4.69) is 15.8 Å². The lowest BCUT2D eigenvalue weighted by Crippen LogP contribution is -2.37. The highest BCUT2D eigenvalue weighted by atomic mass is 16.2. The van der Waals surface area contributed by atoms with Gasteiger partial charge in [-0.25, -0.2) is 10.2 Å². The molecule has 0 aliphatic carbocycles. The predicted molar refractivity (Wildman–Crippen MR) is 49.1 cm³/mol. The second kappa shape index (κ2) is 5.13. The van der Waals surface area contributed by atoms with Gasteiger partial charge in [0.1, 0.15) is 0 Å². The third-order valence-corrected chi connectivity index (χ3v) is 1.39. The van der Waals surface area contributed by atoms with Gasteiger partial charge in [0.25, 0.3) is 0 Å². The topological polar surface area (TPSA) is 96.6 Å². The number of hydrogen-bond acceptors (Lipinski definition) is 3. The second-order valence-corrected chi connectivity index (χ2v) is 2.65. The summed E-state index contributed by atoms with van der Waals surface area (Å²) in [6.07, 6.45) is 0. The van der Waals surface area contributed by atoms with E-state index in [-0.39, 0.29) is 11.9 Å². The van der Waals surface area contributed by atoms with E-state index in [0.29, 0.717) is 5.71 Å². The van der Waals surface area contributed by atoms with Crippen LogP contribution in [0.25, 0.3) is 0 Å². The maximum atomic E-state index is 10.6. The number of primary amides is 1. The van der Waals surface area contributed by atoms with Crippen molar-refractivity contribution in [1.29, 1.82) is 0 Å². The maximum Gasteiger partial charge on any atom is 0.332 e. The number of amides is 3. The Labute approximate surface area is 76.6 Å². The molecular formula is C7H14N4O2. The lowest BCUT2D eigenvalue weighted by atomic mass is 10.2. The second-order valence-electron chi connectivity index (χ2n) is 2.65. The molecule has 0 aromatic carbocycles. The summed E-state index contributed by atoms with van der Waals surface area (Å²) < 4.78 is 0. The van der Waals surface area contributed by atoms with Crippen LogP contribution in [0.5, 0.6) is 0 Å². The highest BCUT2D eigenvalue weighted by Crippen LogP contribution is 1.86. The molecule has 0 radical (unpaired) electrons. The number of urea groups is 1. The van der Waals surface area contributed by atoms with Gasteiger partial charge in [0.05, 0.1) is 11.8 Å². The summed E-state index contributed by atoms with van der Waals surface area (Å²) in [4.78, 5) is 20.9. The van der Waals surface area contributed by atoms with E-state index < -0.39 is 6.03 Å².